The fourth-order valence-corrected chi connectivity index (χ4v) is 1.92. The van der Waals surface area contributed by atoms with Crippen LogP contribution in [0.25, 0.3) is 0 Å². The fourth-order valence-electron chi connectivity index (χ4n) is 1.40. The Morgan fingerprint density at radius 1 is 1.20 bits per heavy atom. The van der Waals surface area contributed by atoms with Gasteiger partial charge in [-0.3, -0.25) is 5.43 Å². The second-order valence-electron chi connectivity index (χ2n) is 4.07. The number of benzene rings is 1. The minimum Gasteiger partial charge on any atom is -0.347 e. The van der Waals surface area contributed by atoms with Crippen molar-refractivity contribution in [2.24, 2.45) is 5.84 Å². The van der Waals surface area contributed by atoms with E-state index in [2.05, 4.69) is 41.6 Å². The Morgan fingerprint density at radius 3 is 2.55 bits per heavy atom. The lowest BCUT2D eigenvalue weighted by Crippen LogP contribution is -2.18. The quantitative estimate of drug-likeness (QED) is 0.571. The first kappa shape index (κ1) is 14.8. The molecule has 0 aliphatic rings. The fraction of sp³-hybridized carbons (Fsp3) is 0.182. The van der Waals surface area contributed by atoms with Crippen molar-refractivity contribution >= 4 is 51.1 Å². The first-order valence-electron chi connectivity index (χ1n) is 5.61. The Morgan fingerprint density at radius 2 is 1.90 bits per heavy atom. The summed E-state index contributed by atoms with van der Waals surface area (Å²) < 4.78 is 0.843. The summed E-state index contributed by atoms with van der Waals surface area (Å²) in [7, 11) is 3.66. The van der Waals surface area contributed by atoms with Gasteiger partial charge in [0, 0.05) is 23.6 Å². The number of nitrogen functional groups attached to an aromatic ring is 1. The van der Waals surface area contributed by atoms with Gasteiger partial charge < -0.3 is 10.2 Å². The van der Waals surface area contributed by atoms with Gasteiger partial charge in [0.25, 0.3) is 0 Å². The summed E-state index contributed by atoms with van der Waals surface area (Å²) in [5.74, 6) is 6.46. The van der Waals surface area contributed by atoms with Crippen molar-refractivity contribution in [3.8, 4) is 0 Å². The first-order valence-corrected chi connectivity index (χ1v) is 6.79. The second-order valence-corrected chi connectivity index (χ2v) is 5.36. The van der Waals surface area contributed by atoms with E-state index in [-0.39, 0.29) is 5.95 Å². The molecule has 0 fully saturated rings. The van der Waals surface area contributed by atoms with Crippen LogP contribution < -0.4 is 21.5 Å². The summed E-state index contributed by atoms with van der Waals surface area (Å²) in [6.45, 7) is 0. The lowest BCUT2D eigenvalue weighted by atomic mass is 10.3. The molecule has 2 aromatic rings. The van der Waals surface area contributed by atoms with Crippen LogP contribution in [0.3, 0.4) is 0 Å². The van der Waals surface area contributed by atoms with Crippen LogP contribution in [-0.2, 0) is 0 Å². The first-order chi connectivity index (χ1) is 9.49. The topological polar surface area (TPSA) is 92.0 Å². The highest BCUT2D eigenvalue weighted by atomic mass is 79.9. The number of nitrogens with zero attached hydrogens (tertiary/aromatic N) is 4. The van der Waals surface area contributed by atoms with Crippen LogP contribution in [0.5, 0.6) is 0 Å². The Labute approximate surface area is 129 Å². The lowest BCUT2D eigenvalue weighted by molar-refractivity contribution is 0.957. The molecule has 0 amide bonds. The molecule has 0 aliphatic carbocycles. The molecule has 1 aromatic heterocycles. The summed E-state index contributed by atoms with van der Waals surface area (Å²) in [5, 5.41) is 3.67. The van der Waals surface area contributed by atoms with Crippen molar-refractivity contribution < 1.29 is 0 Å². The monoisotopic (exact) mass is 357 g/mol. The van der Waals surface area contributed by atoms with E-state index in [1.165, 1.54) is 0 Å². The Kier molecular flexibility index (Phi) is 4.58. The van der Waals surface area contributed by atoms with Crippen LogP contribution in [-0.4, -0.2) is 29.0 Å². The highest BCUT2D eigenvalue weighted by Crippen LogP contribution is 2.28. The molecule has 0 radical (unpaired) electrons. The minimum absolute atomic E-state index is 0.268. The van der Waals surface area contributed by atoms with Crippen LogP contribution in [0.2, 0.25) is 5.02 Å². The number of nitrogens with two attached hydrogens (primary N) is 1. The number of nitrogens with one attached hydrogen (secondary N) is 2. The summed E-state index contributed by atoms with van der Waals surface area (Å²) >= 11 is 9.40. The number of hydrazine groups is 1. The predicted molar refractivity (Wildman–Crippen MR) is 84.4 cm³/mol. The van der Waals surface area contributed by atoms with Gasteiger partial charge in [-0.1, -0.05) is 11.6 Å². The van der Waals surface area contributed by atoms with Crippen molar-refractivity contribution in [3.63, 3.8) is 0 Å². The van der Waals surface area contributed by atoms with Crippen LogP contribution >= 0.6 is 27.5 Å². The molecule has 9 heteroatoms. The number of hydrogen-bond donors (Lipinski definition) is 3. The molecule has 0 unspecified atom stereocenters. The van der Waals surface area contributed by atoms with Gasteiger partial charge in [-0.25, -0.2) is 5.84 Å². The zero-order valence-electron chi connectivity index (χ0n) is 10.9. The van der Waals surface area contributed by atoms with Crippen LogP contribution in [0, 0.1) is 0 Å². The molecule has 1 heterocycles. The van der Waals surface area contributed by atoms with Gasteiger partial charge in [0.05, 0.1) is 5.69 Å². The molecule has 0 spiro atoms. The Hall–Kier alpha value is -1.64. The van der Waals surface area contributed by atoms with Crippen molar-refractivity contribution in [3.05, 3.63) is 27.7 Å². The summed E-state index contributed by atoms with van der Waals surface area (Å²) in [5.41, 5.74) is 3.15. The average molecular weight is 359 g/mol. The molecule has 0 bridgehead atoms. The van der Waals surface area contributed by atoms with E-state index in [1.807, 2.05) is 20.2 Å². The molecule has 7 nitrogen and oxygen atoms in total. The van der Waals surface area contributed by atoms with Crippen molar-refractivity contribution in [2.75, 3.05) is 29.7 Å². The van der Waals surface area contributed by atoms with Gasteiger partial charge in [0.15, 0.2) is 0 Å². The van der Waals surface area contributed by atoms with Gasteiger partial charge in [0.1, 0.15) is 0 Å². The smallest absolute Gasteiger partial charge is 0.243 e. The molecule has 4 N–H and O–H groups in total. The number of rotatable bonds is 4. The van der Waals surface area contributed by atoms with Crippen molar-refractivity contribution in [1.82, 2.24) is 15.0 Å². The molecule has 2 rings (SSSR count). The number of halogens is 2. The third-order valence-corrected chi connectivity index (χ3v) is 3.25. The van der Waals surface area contributed by atoms with Crippen LogP contribution in [0.4, 0.5) is 23.5 Å². The molecular weight excluding hydrogens is 346 g/mol. The van der Waals surface area contributed by atoms with E-state index in [1.54, 1.807) is 17.0 Å². The standard InChI is InChI=1S/C11H13BrClN7/c1-20(2)11-17-9(16-10(18-11)19-14)15-8-5-6(13)3-4-7(8)12/h3-5H,14H2,1-2H3,(H2,15,16,17,18,19). The molecule has 106 valence electrons. The van der Waals surface area contributed by atoms with Gasteiger partial charge >= 0.3 is 0 Å². The number of anilines is 4. The largest absolute Gasteiger partial charge is 0.347 e. The van der Waals surface area contributed by atoms with E-state index in [0.717, 1.165) is 10.2 Å². The van der Waals surface area contributed by atoms with E-state index < -0.39 is 0 Å². The maximum atomic E-state index is 5.97. The van der Waals surface area contributed by atoms with Crippen molar-refractivity contribution in [2.45, 2.75) is 0 Å². The summed E-state index contributed by atoms with van der Waals surface area (Å²) in [4.78, 5) is 14.3. The molecular formula is C11H13BrClN7. The average Bonchev–Trinajstić information content (AvgIpc) is 2.42. The molecule has 20 heavy (non-hydrogen) atoms. The maximum absolute atomic E-state index is 5.97. The molecule has 0 atom stereocenters. The van der Waals surface area contributed by atoms with Gasteiger partial charge in [-0.05, 0) is 34.1 Å². The minimum atomic E-state index is 0.268. The van der Waals surface area contributed by atoms with Gasteiger partial charge in [-0.15, -0.1) is 0 Å². The molecule has 0 aliphatic heterocycles. The predicted octanol–water partition coefficient (Wildman–Crippen LogP) is 2.38. The van der Waals surface area contributed by atoms with E-state index in [4.69, 9.17) is 17.4 Å². The molecule has 0 saturated carbocycles. The van der Waals surface area contributed by atoms with E-state index in [0.29, 0.717) is 16.9 Å². The summed E-state index contributed by atoms with van der Waals surface area (Å²) in [6, 6.07) is 5.38. The maximum Gasteiger partial charge on any atom is 0.243 e. The zero-order valence-corrected chi connectivity index (χ0v) is 13.2. The third kappa shape index (κ3) is 3.47. The summed E-state index contributed by atoms with van der Waals surface area (Å²) in [6.07, 6.45) is 0. The van der Waals surface area contributed by atoms with Crippen molar-refractivity contribution in [1.29, 1.82) is 0 Å². The Bertz CT molecular complexity index is 620. The highest BCUT2D eigenvalue weighted by Gasteiger charge is 2.09. The molecule has 1 aromatic carbocycles. The van der Waals surface area contributed by atoms with E-state index >= 15 is 0 Å². The Balaban J connectivity index is 2.37. The normalized spacial score (nSPS) is 10.2. The lowest BCUT2D eigenvalue weighted by Gasteiger charge is -2.13. The molecule has 0 saturated heterocycles. The highest BCUT2D eigenvalue weighted by molar-refractivity contribution is 9.10. The van der Waals surface area contributed by atoms with Gasteiger partial charge in [-0.2, -0.15) is 15.0 Å². The third-order valence-electron chi connectivity index (χ3n) is 2.33. The SMILES string of the molecule is CN(C)c1nc(NN)nc(Nc2cc(Cl)ccc2Br)n1. The van der Waals surface area contributed by atoms with Gasteiger partial charge in [0.2, 0.25) is 17.8 Å². The zero-order chi connectivity index (χ0) is 14.7. The van der Waals surface area contributed by atoms with Crippen LogP contribution in [0.1, 0.15) is 0 Å². The van der Waals surface area contributed by atoms with E-state index in [9.17, 15) is 0 Å². The number of hydrogen-bond acceptors (Lipinski definition) is 7. The number of aromatic nitrogens is 3. The van der Waals surface area contributed by atoms with Crippen LogP contribution in [0.15, 0.2) is 22.7 Å². The second kappa shape index (κ2) is 6.21.